The molecular weight excluding hydrogens is 334 g/mol. The Morgan fingerprint density at radius 3 is 2.36 bits per heavy atom. The molecule has 1 aliphatic rings. The van der Waals surface area contributed by atoms with Crippen molar-refractivity contribution in [3.8, 4) is 0 Å². The van der Waals surface area contributed by atoms with Crippen LogP contribution in [-0.4, -0.2) is 24.0 Å². The standard InChI is InChI=1S/C20H33N3O.ClH/c1-4-15(2)18(21)19(24)22-14-20(12-8-9-13-20)23-16(3)17-10-6-5-7-11-17;/h5-7,10-11,15-16,18,23H,4,8-9,12-14,21H2,1-3H3,(H,22,24);1H. The molecule has 0 saturated heterocycles. The molecule has 142 valence electrons. The first-order chi connectivity index (χ1) is 11.5. The predicted octanol–water partition coefficient (Wildman–Crippen LogP) is 3.56. The lowest BCUT2D eigenvalue weighted by atomic mass is 9.93. The summed E-state index contributed by atoms with van der Waals surface area (Å²) in [6.45, 7) is 6.96. The van der Waals surface area contributed by atoms with E-state index in [0.717, 1.165) is 19.3 Å². The number of hydrogen-bond donors (Lipinski definition) is 3. The Morgan fingerprint density at radius 2 is 1.80 bits per heavy atom. The molecule has 1 fully saturated rings. The fourth-order valence-corrected chi connectivity index (χ4v) is 3.59. The predicted molar refractivity (Wildman–Crippen MR) is 107 cm³/mol. The first kappa shape index (κ1) is 21.9. The van der Waals surface area contributed by atoms with E-state index in [1.807, 2.05) is 13.0 Å². The van der Waals surface area contributed by atoms with Crippen LogP contribution in [0.2, 0.25) is 0 Å². The molecule has 4 N–H and O–H groups in total. The van der Waals surface area contributed by atoms with Crippen LogP contribution in [-0.2, 0) is 4.79 Å². The van der Waals surface area contributed by atoms with Crippen molar-refractivity contribution in [2.75, 3.05) is 6.54 Å². The topological polar surface area (TPSA) is 67.2 Å². The van der Waals surface area contributed by atoms with Gasteiger partial charge in [-0.3, -0.25) is 4.79 Å². The molecule has 1 amide bonds. The van der Waals surface area contributed by atoms with E-state index in [9.17, 15) is 4.79 Å². The molecule has 0 aliphatic heterocycles. The maximum Gasteiger partial charge on any atom is 0.237 e. The molecule has 1 saturated carbocycles. The highest BCUT2D eigenvalue weighted by atomic mass is 35.5. The van der Waals surface area contributed by atoms with Crippen LogP contribution in [0.15, 0.2) is 30.3 Å². The van der Waals surface area contributed by atoms with Crippen LogP contribution < -0.4 is 16.4 Å². The Balaban J connectivity index is 0.00000312. The zero-order valence-corrected chi connectivity index (χ0v) is 16.6. The van der Waals surface area contributed by atoms with Crippen molar-refractivity contribution in [1.29, 1.82) is 0 Å². The Bertz CT molecular complexity index is 517. The van der Waals surface area contributed by atoms with Gasteiger partial charge in [0.2, 0.25) is 5.91 Å². The van der Waals surface area contributed by atoms with Crippen LogP contribution in [0.5, 0.6) is 0 Å². The molecule has 0 radical (unpaired) electrons. The Hall–Kier alpha value is -1.10. The van der Waals surface area contributed by atoms with Gasteiger partial charge in [-0.1, -0.05) is 63.4 Å². The monoisotopic (exact) mass is 367 g/mol. The number of carbonyl (C=O) groups is 1. The Kier molecular flexibility index (Phi) is 8.91. The number of hydrogen-bond acceptors (Lipinski definition) is 3. The second-order valence-electron chi connectivity index (χ2n) is 7.39. The number of benzene rings is 1. The zero-order valence-electron chi connectivity index (χ0n) is 15.8. The SMILES string of the molecule is CCC(C)C(N)C(=O)NCC1(NC(C)c2ccccc2)CCCC1.Cl. The molecule has 2 rings (SSSR count). The van der Waals surface area contributed by atoms with Gasteiger partial charge >= 0.3 is 0 Å². The van der Waals surface area contributed by atoms with E-state index in [1.54, 1.807) is 0 Å². The van der Waals surface area contributed by atoms with E-state index in [-0.39, 0.29) is 35.8 Å². The van der Waals surface area contributed by atoms with Crippen LogP contribution in [0.3, 0.4) is 0 Å². The van der Waals surface area contributed by atoms with Gasteiger partial charge < -0.3 is 16.4 Å². The fraction of sp³-hybridized carbons (Fsp3) is 0.650. The molecular formula is C20H34ClN3O. The minimum Gasteiger partial charge on any atom is -0.353 e. The highest BCUT2D eigenvalue weighted by Gasteiger charge is 2.35. The minimum atomic E-state index is -0.417. The van der Waals surface area contributed by atoms with E-state index < -0.39 is 6.04 Å². The molecule has 4 nitrogen and oxygen atoms in total. The highest BCUT2D eigenvalue weighted by molar-refractivity contribution is 5.85. The van der Waals surface area contributed by atoms with Gasteiger partial charge in [-0.2, -0.15) is 0 Å². The van der Waals surface area contributed by atoms with Gasteiger partial charge in [0.15, 0.2) is 0 Å². The van der Waals surface area contributed by atoms with Crippen LogP contribution in [0.1, 0.15) is 64.5 Å². The summed E-state index contributed by atoms with van der Waals surface area (Å²) < 4.78 is 0. The molecule has 1 aromatic rings. The minimum absolute atomic E-state index is 0. The van der Waals surface area contributed by atoms with Crippen molar-refractivity contribution in [2.45, 2.75) is 70.5 Å². The summed E-state index contributed by atoms with van der Waals surface area (Å²) in [4.78, 5) is 12.3. The number of halogens is 1. The average molecular weight is 368 g/mol. The van der Waals surface area contributed by atoms with E-state index in [0.29, 0.717) is 6.54 Å². The summed E-state index contributed by atoms with van der Waals surface area (Å²) in [5, 5.41) is 6.90. The summed E-state index contributed by atoms with van der Waals surface area (Å²) >= 11 is 0. The summed E-state index contributed by atoms with van der Waals surface area (Å²) in [5.74, 6) is 0.186. The van der Waals surface area contributed by atoms with Gasteiger partial charge in [0.1, 0.15) is 0 Å². The van der Waals surface area contributed by atoms with E-state index >= 15 is 0 Å². The van der Waals surface area contributed by atoms with Crippen LogP contribution in [0, 0.1) is 5.92 Å². The lowest BCUT2D eigenvalue weighted by molar-refractivity contribution is -0.123. The normalized spacial score (nSPS) is 19.5. The van der Waals surface area contributed by atoms with Gasteiger partial charge in [0.25, 0.3) is 0 Å². The lowest BCUT2D eigenvalue weighted by Crippen LogP contribution is -2.55. The van der Waals surface area contributed by atoms with E-state index in [4.69, 9.17) is 5.73 Å². The maximum atomic E-state index is 12.3. The van der Waals surface area contributed by atoms with Crippen molar-refractivity contribution in [1.82, 2.24) is 10.6 Å². The molecule has 0 bridgehead atoms. The molecule has 0 spiro atoms. The average Bonchev–Trinajstić information content (AvgIpc) is 3.07. The summed E-state index contributed by atoms with van der Waals surface area (Å²) in [5.41, 5.74) is 7.33. The molecule has 3 unspecified atom stereocenters. The molecule has 3 atom stereocenters. The van der Waals surface area contributed by atoms with Gasteiger partial charge in [0.05, 0.1) is 6.04 Å². The van der Waals surface area contributed by atoms with E-state index in [2.05, 4.69) is 48.7 Å². The number of nitrogens with one attached hydrogen (secondary N) is 2. The molecule has 25 heavy (non-hydrogen) atoms. The zero-order chi connectivity index (χ0) is 17.6. The Labute approximate surface area is 158 Å². The first-order valence-electron chi connectivity index (χ1n) is 9.33. The third kappa shape index (κ3) is 5.98. The second-order valence-corrected chi connectivity index (χ2v) is 7.39. The number of rotatable bonds is 8. The summed E-state index contributed by atoms with van der Waals surface area (Å²) in [6.07, 6.45) is 5.54. The van der Waals surface area contributed by atoms with Crippen molar-refractivity contribution in [2.24, 2.45) is 11.7 Å². The quantitative estimate of drug-likeness (QED) is 0.658. The second kappa shape index (κ2) is 10.1. The van der Waals surface area contributed by atoms with Crippen molar-refractivity contribution in [3.05, 3.63) is 35.9 Å². The maximum absolute atomic E-state index is 12.3. The van der Waals surface area contributed by atoms with Crippen LogP contribution >= 0.6 is 12.4 Å². The molecule has 1 aromatic carbocycles. The largest absolute Gasteiger partial charge is 0.353 e. The molecule has 0 heterocycles. The van der Waals surface area contributed by atoms with E-state index in [1.165, 1.54) is 18.4 Å². The molecule has 0 aromatic heterocycles. The van der Waals surface area contributed by atoms with Gasteiger partial charge in [-0.15, -0.1) is 12.4 Å². The van der Waals surface area contributed by atoms with Gasteiger partial charge in [-0.25, -0.2) is 0 Å². The smallest absolute Gasteiger partial charge is 0.237 e. The fourth-order valence-electron chi connectivity index (χ4n) is 3.59. The summed E-state index contributed by atoms with van der Waals surface area (Å²) in [6, 6.07) is 10.3. The number of amides is 1. The van der Waals surface area contributed by atoms with Crippen LogP contribution in [0.4, 0.5) is 0 Å². The van der Waals surface area contributed by atoms with Gasteiger partial charge in [0, 0.05) is 18.1 Å². The number of nitrogens with two attached hydrogens (primary N) is 1. The Morgan fingerprint density at radius 1 is 1.20 bits per heavy atom. The lowest BCUT2D eigenvalue weighted by Gasteiger charge is -2.35. The highest BCUT2D eigenvalue weighted by Crippen LogP contribution is 2.31. The third-order valence-electron chi connectivity index (χ3n) is 5.54. The third-order valence-corrected chi connectivity index (χ3v) is 5.54. The molecule has 5 heteroatoms. The van der Waals surface area contributed by atoms with Crippen molar-refractivity contribution >= 4 is 18.3 Å². The van der Waals surface area contributed by atoms with Crippen molar-refractivity contribution in [3.63, 3.8) is 0 Å². The summed E-state index contributed by atoms with van der Waals surface area (Å²) in [7, 11) is 0. The molecule has 1 aliphatic carbocycles. The van der Waals surface area contributed by atoms with Crippen LogP contribution in [0.25, 0.3) is 0 Å². The number of carbonyl (C=O) groups excluding carboxylic acids is 1. The van der Waals surface area contributed by atoms with Crippen molar-refractivity contribution < 1.29 is 4.79 Å². The van der Waals surface area contributed by atoms with Gasteiger partial charge in [-0.05, 0) is 31.2 Å². The first-order valence-corrected chi connectivity index (χ1v) is 9.33.